The molecular formula is C30H45N3O3. The molecule has 0 radical (unpaired) electrons. The first-order chi connectivity index (χ1) is 17.5. The molecule has 2 amide bonds. The molecule has 2 N–H and O–H groups in total. The van der Waals surface area contributed by atoms with Crippen molar-refractivity contribution in [2.75, 3.05) is 26.2 Å². The number of piperidine rings is 1. The molecule has 0 aromatic heterocycles. The molecule has 6 heteroatoms. The van der Waals surface area contributed by atoms with Crippen LogP contribution in [0, 0.1) is 11.8 Å². The van der Waals surface area contributed by atoms with Crippen molar-refractivity contribution in [3.05, 3.63) is 35.4 Å². The number of hydrogen-bond acceptors (Lipinski definition) is 4. The van der Waals surface area contributed by atoms with E-state index in [1.807, 2.05) is 4.90 Å². The number of nitrogens with one attached hydrogen (secondary N) is 1. The third-order valence-electron chi connectivity index (χ3n) is 9.62. The fourth-order valence-electron chi connectivity index (χ4n) is 7.36. The molecule has 3 fully saturated rings. The van der Waals surface area contributed by atoms with E-state index in [4.69, 9.17) is 0 Å². The molecule has 5 rings (SSSR count). The van der Waals surface area contributed by atoms with Gasteiger partial charge in [0.1, 0.15) is 11.6 Å². The van der Waals surface area contributed by atoms with Crippen molar-refractivity contribution < 1.29 is 14.7 Å². The molecule has 2 heterocycles. The predicted molar refractivity (Wildman–Crippen MR) is 141 cm³/mol. The van der Waals surface area contributed by atoms with E-state index in [2.05, 4.69) is 41.4 Å². The van der Waals surface area contributed by atoms with Crippen molar-refractivity contribution in [2.24, 2.45) is 11.8 Å². The van der Waals surface area contributed by atoms with Crippen LogP contribution < -0.4 is 5.32 Å². The minimum Gasteiger partial charge on any atom is -0.390 e. The highest BCUT2D eigenvalue weighted by Gasteiger charge is 2.55. The summed E-state index contributed by atoms with van der Waals surface area (Å²) in [4.78, 5) is 31.9. The number of piperazine rings is 1. The number of aliphatic hydroxyl groups is 1. The zero-order chi connectivity index (χ0) is 25.1. The summed E-state index contributed by atoms with van der Waals surface area (Å²) in [5.41, 5.74) is 2.23. The normalized spacial score (nSPS) is 28.1. The number of benzene rings is 1. The van der Waals surface area contributed by atoms with Crippen LogP contribution in [-0.2, 0) is 22.4 Å². The molecule has 1 aromatic carbocycles. The van der Waals surface area contributed by atoms with Crippen LogP contribution in [-0.4, -0.2) is 70.6 Å². The fraction of sp³-hybridized carbons (Fsp3) is 0.733. The largest absolute Gasteiger partial charge is 0.390 e. The van der Waals surface area contributed by atoms with Gasteiger partial charge in [0.05, 0.1) is 6.10 Å². The SMILES string of the molecule is CCCCN1C(=O)[C@@H]([C@H](O)C2CCCCC2)NC(=O)C12CCN(C[C@@H]1CCc3ccccc3C1)CC2. The maximum Gasteiger partial charge on any atom is 0.248 e. The first-order valence-electron chi connectivity index (χ1n) is 14.6. The summed E-state index contributed by atoms with van der Waals surface area (Å²) in [6.07, 6.45) is 11.3. The van der Waals surface area contributed by atoms with E-state index in [0.29, 0.717) is 25.3 Å². The average molecular weight is 496 g/mol. The number of unbranched alkanes of at least 4 members (excludes halogenated alkanes) is 1. The van der Waals surface area contributed by atoms with Gasteiger partial charge < -0.3 is 20.2 Å². The van der Waals surface area contributed by atoms with Crippen molar-refractivity contribution in [3.8, 4) is 0 Å². The molecule has 3 atom stereocenters. The molecule has 2 saturated heterocycles. The second-order valence-corrected chi connectivity index (χ2v) is 11.9. The number of fused-ring (bicyclic) bond motifs is 1. The molecule has 36 heavy (non-hydrogen) atoms. The van der Waals surface area contributed by atoms with Crippen LogP contribution in [0.15, 0.2) is 24.3 Å². The summed E-state index contributed by atoms with van der Waals surface area (Å²) >= 11 is 0. The van der Waals surface area contributed by atoms with Gasteiger partial charge in [-0.1, -0.05) is 56.9 Å². The number of hydrogen-bond donors (Lipinski definition) is 2. The summed E-state index contributed by atoms with van der Waals surface area (Å²) < 4.78 is 0. The maximum absolute atomic E-state index is 13.8. The summed E-state index contributed by atoms with van der Waals surface area (Å²) in [6.45, 7) is 5.49. The lowest BCUT2D eigenvalue weighted by Crippen LogP contribution is -2.75. The Morgan fingerprint density at radius 2 is 1.78 bits per heavy atom. The number of aryl methyl sites for hydroxylation is 1. The Bertz CT molecular complexity index is 920. The van der Waals surface area contributed by atoms with E-state index < -0.39 is 17.7 Å². The summed E-state index contributed by atoms with van der Waals surface area (Å²) in [5.74, 6) is 0.669. The number of nitrogens with zero attached hydrogens (tertiary/aromatic N) is 2. The van der Waals surface area contributed by atoms with Crippen LogP contribution in [0.3, 0.4) is 0 Å². The Labute approximate surface area is 216 Å². The Hall–Kier alpha value is -1.92. The Kier molecular flexibility index (Phi) is 8.02. The highest BCUT2D eigenvalue weighted by molar-refractivity contribution is 6.00. The Morgan fingerprint density at radius 3 is 2.50 bits per heavy atom. The lowest BCUT2D eigenvalue weighted by Gasteiger charge is -2.53. The quantitative estimate of drug-likeness (QED) is 0.605. The molecular weight excluding hydrogens is 450 g/mol. The number of carbonyl (C=O) groups is 2. The topological polar surface area (TPSA) is 72.9 Å². The number of rotatable bonds is 7. The highest BCUT2D eigenvalue weighted by Crippen LogP contribution is 2.37. The van der Waals surface area contributed by atoms with Crippen molar-refractivity contribution >= 4 is 11.8 Å². The second kappa shape index (κ2) is 11.2. The number of amides is 2. The molecule has 1 saturated carbocycles. The van der Waals surface area contributed by atoms with E-state index in [9.17, 15) is 14.7 Å². The van der Waals surface area contributed by atoms with Gasteiger partial charge >= 0.3 is 0 Å². The first kappa shape index (κ1) is 25.7. The van der Waals surface area contributed by atoms with Gasteiger partial charge in [0, 0.05) is 26.2 Å². The van der Waals surface area contributed by atoms with E-state index in [1.165, 1.54) is 24.0 Å². The van der Waals surface area contributed by atoms with E-state index in [-0.39, 0.29) is 17.7 Å². The lowest BCUT2D eigenvalue weighted by molar-refractivity contribution is -0.166. The van der Waals surface area contributed by atoms with Crippen molar-refractivity contribution in [2.45, 2.75) is 102 Å². The number of carbonyl (C=O) groups excluding carboxylic acids is 2. The van der Waals surface area contributed by atoms with Gasteiger partial charge in [0.25, 0.3) is 0 Å². The summed E-state index contributed by atoms with van der Waals surface area (Å²) in [5, 5.41) is 14.2. The van der Waals surface area contributed by atoms with E-state index in [0.717, 1.165) is 71.0 Å². The molecule has 6 nitrogen and oxygen atoms in total. The van der Waals surface area contributed by atoms with Gasteiger partial charge in [-0.2, -0.15) is 0 Å². The minimum absolute atomic E-state index is 0.0377. The van der Waals surface area contributed by atoms with Gasteiger partial charge in [0.2, 0.25) is 11.8 Å². The standard InChI is InChI=1S/C30H45N3O3/c1-2-3-17-33-28(35)26(27(34)24-10-5-4-6-11-24)31-29(36)30(33)15-18-32(19-16-30)21-22-13-14-23-9-7-8-12-25(23)20-22/h7-9,12,22,24,26-27,34H,2-6,10-11,13-21H2,1H3,(H,31,36)/t22-,26-,27-/m1/s1. The first-order valence-corrected chi connectivity index (χ1v) is 14.6. The highest BCUT2D eigenvalue weighted by atomic mass is 16.3. The van der Waals surface area contributed by atoms with Gasteiger partial charge in [-0.05, 0) is 74.3 Å². The average Bonchev–Trinajstić information content (AvgIpc) is 2.92. The Balaban J connectivity index is 1.24. The maximum atomic E-state index is 13.8. The molecule has 2 aliphatic carbocycles. The third-order valence-corrected chi connectivity index (χ3v) is 9.62. The molecule has 198 valence electrons. The van der Waals surface area contributed by atoms with Crippen molar-refractivity contribution in [1.82, 2.24) is 15.1 Å². The zero-order valence-electron chi connectivity index (χ0n) is 22.1. The number of aliphatic hydroxyl groups excluding tert-OH is 1. The molecule has 0 bridgehead atoms. The smallest absolute Gasteiger partial charge is 0.248 e. The van der Waals surface area contributed by atoms with Crippen molar-refractivity contribution in [1.29, 1.82) is 0 Å². The van der Waals surface area contributed by atoms with Crippen LogP contribution in [0.1, 0.15) is 82.3 Å². The molecule has 0 unspecified atom stereocenters. The number of likely N-dealkylation sites (tertiary alicyclic amines) is 1. The second-order valence-electron chi connectivity index (χ2n) is 11.9. The van der Waals surface area contributed by atoms with Crippen molar-refractivity contribution in [3.63, 3.8) is 0 Å². The predicted octanol–water partition coefficient (Wildman–Crippen LogP) is 3.69. The molecule has 2 aliphatic heterocycles. The molecule has 1 aromatic rings. The van der Waals surface area contributed by atoms with Gasteiger partial charge in [-0.25, -0.2) is 0 Å². The van der Waals surface area contributed by atoms with Gasteiger partial charge in [0.15, 0.2) is 0 Å². The monoisotopic (exact) mass is 495 g/mol. The van der Waals surface area contributed by atoms with Gasteiger partial charge in [-0.15, -0.1) is 0 Å². The van der Waals surface area contributed by atoms with Gasteiger partial charge in [-0.3, -0.25) is 9.59 Å². The minimum atomic E-state index is -0.789. The summed E-state index contributed by atoms with van der Waals surface area (Å²) in [6, 6.07) is 8.03. The van der Waals surface area contributed by atoms with E-state index in [1.54, 1.807) is 0 Å². The van der Waals surface area contributed by atoms with Crippen LogP contribution >= 0.6 is 0 Å². The Morgan fingerprint density at radius 1 is 1.06 bits per heavy atom. The van der Waals surface area contributed by atoms with E-state index >= 15 is 0 Å². The van der Waals surface area contributed by atoms with Crippen LogP contribution in [0.2, 0.25) is 0 Å². The molecule has 4 aliphatic rings. The summed E-state index contributed by atoms with van der Waals surface area (Å²) in [7, 11) is 0. The van der Waals surface area contributed by atoms with Crippen LogP contribution in [0.25, 0.3) is 0 Å². The molecule has 1 spiro atoms. The van der Waals surface area contributed by atoms with Crippen LogP contribution in [0.5, 0.6) is 0 Å². The zero-order valence-corrected chi connectivity index (χ0v) is 22.1. The third kappa shape index (κ3) is 5.08. The fourth-order valence-corrected chi connectivity index (χ4v) is 7.36. The lowest BCUT2D eigenvalue weighted by atomic mass is 9.77. The van der Waals surface area contributed by atoms with Crippen LogP contribution in [0.4, 0.5) is 0 Å².